The third-order valence-corrected chi connectivity index (χ3v) is 6.07. The summed E-state index contributed by atoms with van der Waals surface area (Å²) in [7, 11) is -3.14. The van der Waals surface area contributed by atoms with Gasteiger partial charge in [-0.1, -0.05) is 11.6 Å². The number of thioether (sulfide) groups is 1. The molecule has 1 aromatic rings. The molecule has 0 saturated carbocycles. The standard InChI is InChI=1S/C10H12BrClN2O2S2/c1-18(15,16)9-6-17-3-2-14(9)10-8(11)4-7(12)5-13-10/h4-5,9H,2-3,6H2,1H3. The molecule has 100 valence electrons. The molecule has 2 heterocycles. The molecule has 0 amide bonds. The van der Waals surface area contributed by atoms with Crippen molar-refractivity contribution in [1.82, 2.24) is 4.98 Å². The van der Waals surface area contributed by atoms with Crippen molar-refractivity contribution in [3.05, 3.63) is 21.8 Å². The molecular formula is C10H12BrClN2O2S2. The van der Waals surface area contributed by atoms with E-state index in [0.29, 0.717) is 23.1 Å². The molecule has 1 saturated heterocycles. The van der Waals surface area contributed by atoms with Crippen molar-refractivity contribution in [1.29, 1.82) is 0 Å². The van der Waals surface area contributed by atoms with Gasteiger partial charge in [-0.3, -0.25) is 0 Å². The van der Waals surface area contributed by atoms with Gasteiger partial charge >= 0.3 is 0 Å². The van der Waals surface area contributed by atoms with E-state index in [1.54, 1.807) is 17.8 Å². The quantitative estimate of drug-likeness (QED) is 0.799. The van der Waals surface area contributed by atoms with Gasteiger partial charge in [-0.15, -0.1) is 0 Å². The predicted octanol–water partition coefficient (Wildman–Crippen LogP) is 2.42. The molecule has 1 aliphatic rings. The molecule has 18 heavy (non-hydrogen) atoms. The van der Waals surface area contributed by atoms with Crippen LogP contribution < -0.4 is 4.90 Å². The van der Waals surface area contributed by atoms with Crippen molar-refractivity contribution in [3.8, 4) is 0 Å². The highest BCUT2D eigenvalue weighted by Crippen LogP contribution is 2.32. The highest BCUT2D eigenvalue weighted by atomic mass is 79.9. The first kappa shape index (κ1) is 14.4. The summed E-state index contributed by atoms with van der Waals surface area (Å²) in [6, 6.07) is 1.73. The fourth-order valence-electron chi connectivity index (χ4n) is 1.80. The first-order valence-corrected chi connectivity index (χ1v) is 9.52. The van der Waals surface area contributed by atoms with Crippen LogP contribution in [-0.2, 0) is 9.84 Å². The highest BCUT2D eigenvalue weighted by Gasteiger charge is 2.32. The lowest BCUT2D eigenvalue weighted by atomic mass is 10.4. The molecule has 8 heteroatoms. The Morgan fingerprint density at radius 1 is 1.61 bits per heavy atom. The Kier molecular flexibility index (Phi) is 4.46. The van der Waals surface area contributed by atoms with Crippen LogP contribution in [0.2, 0.25) is 5.02 Å². The van der Waals surface area contributed by atoms with E-state index in [-0.39, 0.29) is 0 Å². The van der Waals surface area contributed by atoms with Crippen molar-refractivity contribution in [2.45, 2.75) is 5.37 Å². The molecular weight excluding hydrogens is 360 g/mol. The number of rotatable bonds is 2. The first-order valence-electron chi connectivity index (χ1n) is 5.24. The minimum absolute atomic E-state index is 0.521. The Labute approximate surface area is 124 Å². The topological polar surface area (TPSA) is 50.3 Å². The minimum Gasteiger partial charge on any atom is -0.337 e. The van der Waals surface area contributed by atoms with Crippen molar-refractivity contribution in [2.24, 2.45) is 0 Å². The van der Waals surface area contributed by atoms with E-state index in [0.717, 1.165) is 10.2 Å². The number of hydrogen-bond acceptors (Lipinski definition) is 5. The summed E-state index contributed by atoms with van der Waals surface area (Å²) in [5.41, 5.74) is 0. The zero-order chi connectivity index (χ0) is 13.3. The molecule has 0 aliphatic carbocycles. The zero-order valence-electron chi connectivity index (χ0n) is 9.64. The van der Waals surface area contributed by atoms with Crippen molar-refractivity contribution in [3.63, 3.8) is 0 Å². The van der Waals surface area contributed by atoms with Gasteiger partial charge in [0.25, 0.3) is 0 Å². The van der Waals surface area contributed by atoms with Gasteiger partial charge in [0.15, 0.2) is 9.84 Å². The second-order valence-corrected chi connectivity index (χ2v) is 8.66. The van der Waals surface area contributed by atoms with E-state index >= 15 is 0 Å². The highest BCUT2D eigenvalue weighted by molar-refractivity contribution is 9.10. The molecule has 1 aromatic heterocycles. The Hall–Kier alpha value is 0.0200. The van der Waals surface area contributed by atoms with E-state index < -0.39 is 15.2 Å². The van der Waals surface area contributed by atoms with Gasteiger partial charge in [0.2, 0.25) is 0 Å². The second-order valence-electron chi connectivity index (χ2n) is 4.01. The maximum absolute atomic E-state index is 11.8. The number of sulfone groups is 1. The van der Waals surface area contributed by atoms with Crippen LogP contribution in [0, 0.1) is 0 Å². The van der Waals surface area contributed by atoms with Crippen LogP contribution in [0.4, 0.5) is 5.82 Å². The molecule has 0 bridgehead atoms. The molecule has 0 spiro atoms. The third kappa shape index (κ3) is 3.12. The summed E-state index contributed by atoms with van der Waals surface area (Å²) in [6.07, 6.45) is 2.79. The lowest BCUT2D eigenvalue weighted by Gasteiger charge is -2.35. The van der Waals surface area contributed by atoms with Gasteiger partial charge in [-0.05, 0) is 22.0 Å². The smallest absolute Gasteiger partial charge is 0.169 e. The number of anilines is 1. The van der Waals surface area contributed by atoms with E-state index in [1.165, 1.54) is 12.5 Å². The van der Waals surface area contributed by atoms with E-state index in [4.69, 9.17) is 11.6 Å². The normalized spacial score (nSPS) is 21.1. The molecule has 0 radical (unpaired) electrons. The number of nitrogens with zero attached hydrogens (tertiary/aromatic N) is 2. The van der Waals surface area contributed by atoms with Crippen molar-refractivity contribution >= 4 is 54.9 Å². The molecule has 1 unspecified atom stereocenters. The van der Waals surface area contributed by atoms with Crippen LogP contribution in [0.1, 0.15) is 0 Å². The van der Waals surface area contributed by atoms with Crippen LogP contribution >= 0.6 is 39.3 Å². The Morgan fingerprint density at radius 2 is 2.33 bits per heavy atom. The molecule has 1 aliphatic heterocycles. The van der Waals surface area contributed by atoms with Crippen molar-refractivity contribution in [2.75, 3.05) is 29.2 Å². The molecule has 0 N–H and O–H groups in total. The van der Waals surface area contributed by atoms with Crippen LogP contribution in [0.25, 0.3) is 0 Å². The predicted molar refractivity (Wildman–Crippen MR) is 80.2 cm³/mol. The van der Waals surface area contributed by atoms with E-state index in [2.05, 4.69) is 20.9 Å². The average Bonchev–Trinajstić information content (AvgIpc) is 2.28. The maximum atomic E-state index is 11.8. The van der Waals surface area contributed by atoms with Gasteiger partial charge in [-0.25, -0.2) is 13.4 Å². The number of aromatic nitrogens is 1. The molecule has 1 fully saturated rings. The van der Waals surface area contributed by atoms with Gasteiger partial charge in [0, 0.05) is 30.5 Å². The van der Waals surface area contributed by atoms with Crippen LogP contribution in [0.15, 0.2) is 16.7 Å². The zero-order valence-corrected chi connectivity index (χ0v) is 13.6. The summed E-state index contributed by atoms with van der Waals surface area (Å²) in [5.74, 6) is 2.09. The lowest BCUT2D eigenvalue weighted by molar-refractivity contribution is 0.583. The van der Waals surface area contributed by atoms with Gasteiger partial charge in [0.1, 0.15) is 11.2 Å². The van der Waals surface area contributed by atoms with Crippen LogP contribution in [0.5, 0.6) is 0 Å². The lowest BCUT2D eigenvalue weighted by Crippen LogP contribution is -2.47. The molecule has 4 nitrogen and oxygen atoms in total. The Balaban J connectivity index is 2.40. The van der Waals surface area contributed by atoms with Gasteiger partial charge < -0.3 is 4.90 Å². The fraction of sp³-hybridized carbons (Fsp3) is 0.500. The van der Waals surface area contributed by atoms with E-state index in [9.17, 15) is 8.42 Å². The monoisotopic (exact) mass is 370 g/mol. The van der Waals surface area contributed by atoms with Crippen LogP contribution in [-0.4, -0.2) is 43.1 Å². The fourth-order valence-corrected chi connectivity index (χ4v) is 5.48. The first-order chi connectivity index (χ1) is 8.39. The van der Waals surface area contributed by atoms with Crippen LogP contribution in [0.3, 0.4) is 0 Å². The second kappa shape index (κ2) is 5.56. The van der Waals surface area contributed by atoms with E-state index in [1.807, 2.05) is 4.90 Å². The maximum Gasteiger partial charge on any atom is 0.169 e. The molecule has 2 rings (SSSR count). The number of halogens is 2. The van der Waals surface area contributed by atoms with Gasteiger partial charge in [0.05, 0.1) is 9.50 Å². The summed E-state index contributed by atoms with van der Waals surface area (Å²) < 4.78 is 24.4. The summed E-state index contributed by atoms with van der Waals surface area (Å²) >= 11 is 10.9. The summed E-state index contributed by atoms with van der Waals surface area (Å²) in [6.45, 7) is 0.662. The van der Waals surface area contributed by atoms with Crippen molar-refractivity contribution < 1.29 is 8.42 Å². The summed E-state index contributed by atoms with van der Waals surface area (Å²) in [5, 5.41) is -0.00543. The van der Waals surface area contributed by atoms with Gasteiger partial charge in [-0.2, -0.15) is 11.8 Å². The SMILES string of the molecule is CS(=O)(=O)C1CSCCN1c1ncc(Cl)cc1Br. The molecule has 0 aromatic carbocycles. The number of pyridine rings is 1. The average molecular weight is 372 g/mol. The minimum atomic E-state index is -3.14. The molecule has 1 atom stereocenters. The number of hydrogen-bond donors (Lipinski definition) is 0. The summed E-state index contributed by atoms with van der Waals surface area (Å²) in [4.78, 5) is 6.06. The Bertz CT molecular complexity index is 553. The Morgan fingerprint density at radius 3 is 2.94 bits per heavy atom. The third-order valence-electron chi connectivity index (χ3n) is 2.64. The largest absolute Gasteiger partial charge is 0.337 e.